The lowest BCUT2D eigenvalue weighted by Crippen LogP contribution is -2.27. The fourth-order valence-electron chi connectivity index (χ4n) is 3.51. The Bertz CT molecular complexity index is 996. The van der Waals surface area contributed by atoms with Crippen molar-refractivity contribution in [1.82, 2.24) is 5.32 Å². The summed E-state index contributed by atoms with van der Waals surface area (Å²) in [7, 11) is 0. The van der Waals surface area contributed by atoms with Crippen LogP contribution in [0.2, 0.25) is 0 Å². The molecule has 0 saturated heterocycles. The summed E-state index contributed by atoms with van der Waals surface area (Å²) in [5.74, 6) is -0.301. The van der Waals surface area contributed by atoms with Crippen LogP contribution in [0.1, 0.15) is 59.8 Å². The van der Waals surface area contributed by atoms with E-state index in [0.29, 0.717) is 16.1 Å². The fraction of sp³-hybridized carbons (Fsp3) is 0.409. The third-order valence-electron chi connectivity index (χ3n) is 5.16. The zero-order chi connectivity index (χ0) is 24.4. The molecule has 0 spiro atoms. The van der Waals surface area contributed by atoms with Crippen LogP contribution in [0.3, 0.4) is 0 Å². The van der Waals surface area contributed by atoms with Crippen LogP contribution in [-0.2, 0) is 17.8 Å². The van der Waals surface area contributed by atoms with Gasteiger partial charge in [0.15, 0.2) is 0 Å². The van der Waals surface area contributed by atoms with Gasteiger partial charge in [0.25, 0.3) is 11.6 Å². The van der Waals surface area contributed by atoms with Crippen molar-refractivity contribution in [1.29, 1.82) is 0 Å². The number of hydrogen-bond donors (Lipinski definition) is 4. The van der Waals surface area contributed by atoms with Crippen molar-refractivity contribution in [2.75, 3.05) is 5.32 Å². The highest BCUT2D eigenvalue weighted by Crippen LogP contribution is 2.31. The van der Waals surface area contributed by atoms with E-state index in [1.807, 2.05) is 13.0 Å². The molecule has 11 heteroatoms. The summed E-state index contributed by atoms with van der Waals surface area (Å²) >= 11 is 1.43. The normalized spacial score (nSPS) is 13.4. The Labute approximate surface area is 194 Å². The van der Waals surface area contributed by atoms with Crippen LogP contribution >= 0.6 is 11.3 Å². The Morgan fingerprint density at radius 2 is 1.82 bits per heavy atom. The number of nitro groups is 1. The minimum atomic E-state index is -1.83. The zero-order valence-corrected chi connectivity index (χ0v) is 19.0. The van der Waals surface area contributed by atoms with Crippen LogP contribution in [0.15, 0.2) is 30.3 Å². The molecule has 3 rings (SSSR count). The fourth-order valence-corrected chi connectivity index (χ4v) is 4.51. The maximum Gasteiger partial charge on any atom is 0.503 e. The van der Waals surface area contributed by atoms with Crippen molar-refractivity contribution in [2.45, 2.75) is 52.0 Å². The number of non-ortho nitro benzene ring substituents is 1. The molecule has 1 aromatic heterocycles. The predicted octanol–water partition coefficient (Wildman–Crippen LogP) is 4.89. The van der Waals surface area contributed by atoms with Crippen LogP contribution in [0.5, 0.6) is 0 Å². The van der Waals surface area contributed by atoms with Gasteiger partial charge in [-0.1, -0.05) is 38.3 Å². The lowest BCUT2D eigenvalue weighted by Gasteiger charge is -2.20. The number of hydrogen-bond acceptors (Lipinski definition) is 6. The van der Waals surface area contributed by atoms with Crippen molar-refractivity contribution in [3.05, 3.63) is 56.5 Å². The van der Waals surface area contributed by atoms with E-state index in [1.165, 1.54) is 29.9 Å². The number of carbonyl (C=O) groups is 3. The first-order chi connectivity index (χ1) is 15.7. The van der Waals surface area contributed by atoms with Crippen LogP contribution < -0.4 is 10.6 Å². The first-order valence-corrected chi connectivity index (χ1v) is 11.4. The van der Waals surface area contributed by atoms with Crippen LogP contribution in [0.25, 0.3) is 0 Å². The van der Waals surface area contributed by atoms with Gasteiger partial charge in [0.2, 0.25) is 5.91 Å². The molecule has 2 amide bonds. The number of carbonyl (C=O) groups excluding carboxylic acids is 2. The highest BCUT2D eigenvalue weighted by Gasteiger charge is 2.24. The van der Waals surface area contributed by atoms with Crippen LogP contribution in [0, 0.1) is 16.0 Å². The molecule has 1 aliphatic rings. The summed E-state index contributed by atoms with van der Waals surface area (Å²) in [5.41, 5.74) is 1.08. The van der Waals surface area contributed by atoms with E-state index in [9.17, 15) is 19.7 Å². The molecule has 0 bridgehead atoms. The van der Waals surface area contributed by atoms with Gasteiger partial charge in [-0.2, -0.15) is 0 Å². The zero-order valence-electron chi connectivity index (χ0n) is 18.2. The molecule has 10 nitrogen and oxygen atoms in total. The highest BCUT2D eigenvalue weighted by atomic mass is 32.1. The topological polar surface area (TPSA) is 159 Å². The summed E-state index contributed by atoms with van der Waals surface area (Å²) in [6.45, 7) is 2.18. The number of aryl methyl sites for hydroxylation is 1. The lowest BCUT2D eigenvalue weighted by atomic mass is 9.89. The first-order valence-electron chi connectivity index (χ1n) is 10.6. The molecule has 1 aromatic carbocycles. The first kappa shape index (κ1) is 25.8. The number of nitro benzene ring substituents is 1. The number of benzene rings is 1. The molecule has 1 aliphatic carbocycles. The quantitative estimate of drug-likeness (QED) is 0.326. The Hall–Kier alpha value is -3.47. The van der Waals surface area contributed by atoms with Gasteiger partial charge >= 0.3 is 6.16 Å². The molecule has 0 radical (unpaired) electrons. The SMILES string of the molecule is CCc1cc(C(=O)NCc2cccc([N+](=O)[O-])c2)c(NC(=O)C2CCCCC2)s1.O=C(O)O. The Morgan fingerprint density at radius 1 is 1.15 bits per heavy atom. The second kappa shape index (κ2) is 12.5. The number of rotatable bonds is 7. The van der Waals surface area contributed by atoms with Crippen molar-refractivity contribution < 1.29 is 29.5 Å². The molecule has 33 heavy (non-hydrogen) atoms. The summed E-state index contributed by atoms with van der Waals surface area (Å²) in [6.07, 6.45) is 4.04. The molecule has 1 saturated carbocycles. The van der Waals surface area contributed by atoms with Crippen molar-refractivity contribution in [3.63, 3.8) is 0 Å². The molecular formula is C22H27N3O7S. The minimum absolute atomic E-state index is 0.0108. The van der Waals surface area contributed by atoms with E-state index < -0.39 is 11.1 Å². The maximum absolute atomic E-state index is 12.8. The smallest absolute Gasteiger partial charge is 0.450 e. The van der Waals surface area contributed by atoms with Crippen LogP contribution in [-0.4, -0.2) is 33.1 Å². The van der Waals surface area contributed by atoms with Gasteiger partial charge in [0.1, 0.15) is 5.00 Å². The van der Waals surface area contributed by atoms with E-state index in [1.54, 1.807) is 12.1 Å². The largest absolute Gasteiger partial charge is 0.503 e. The van der Waals surface area contributed by atoms with Gasteiger partial charge in [-0.15, -0.1) is 11.3 Å². The molecule has 0 unspecified atom stereocenters. The number of amides is 2. The number of anilines is 1. The van der Waals surface area contributed by atoms with E-state index >= 15 is 0 Å². The summed E-state index contributed by atoms with van der Waals surface area (Å²) in [6, 6.07) is 7.98. The monoisotopic (exact) mass is 477 g/mol. The average Bonchev–Trinajstić information content (AvgIpc) is 3.20. The second-order valence-corrected chi connectivity index (χ2v) is 8.66. The van der Waals surface area contributed by atoms with E-state index in [2.05, 4.69) is 10.6 Å². The number of nitrogens with zero attached hydrogens (tertiary/aromatic N) is 1. The number of carboxylic acid groups (broad SMARTS) is 2. The van der Waals surface area contributed by atoms with Gasteiger partial charge in [-0.25, -0.2) is 4.79 Å². The molecule has 178 valence electrons. The lowest BCUT2D eigenvalue weighted by molar-refractivity contribution is -0.384. The van der Waals surface area contributed by atoms with Gasteiger partial charge in [0.05, 0.1) is 10.5 Å². The highest BCUT2D eigenvalue weighted by molar-refractivity contribution is 7.16. The molecular weight excluding hydrogens is 450 g/mol. The van der Waals surface area contributed by atoms with Crippen molar-refractivity contribution in [2.24, 2.45) is 5.92 Å². The number of nitrogens with one attached hydrogen (secondary N) is 2. The van der Waals surface area contributed by atoms with E-state index in [4.69, 9.17) is 15.0 Å². The number of thiophene rings is 1. The Balaban J connectivity index is 0.000000890. The van der Waals surface area contributed by atoms with Gasteiger partial charge in [0, 0.05) is 29.5 Å². The summed E-state index contributed by atoms with van der Waals surface area (Å²) in [4.78, 5) is 45.4. The molecule has 0 atom stereocenters. The van der Waals surface area contributed by atoms with E-state index in [-0.39, 0.29) is 30.0 Å². The summed E-state index contributed by atoms with van der Waals surface area (Å²) < 4.78 is 0. The van der Waals surface area contributed by atoms with E-state index in [0.717, 1.165) is 37.0 Å². The molecule has 0 aliphatic heterocycles. The Morgan fingerprint density at radius 3 is 2.42 bits per heavy atom. The predicted molar refractivity (Wildman–Crippen MR) is 124 cm³/mol. The third-order valence-corrected chi connectivity index (χ3v) is 6.36. The summed E-state index contributed by atoms with van der Waals surface area (Å²) in [5, 5.41) is 31.2. The Kier molecular flexibility index (Phi) is 9.80. The van der Waals surface area contributed by atoms with Gasteiger partial charge < -0.3 is 20.8 Å². The van der Waals surface area contributed by atoms with Gasteiger partial charge in [-0.3, -0.25) is 19.7 Å². The van der Waals surface area contributed by atoms with Crippen molar-refractivity contribution >= 4 is 40.0 Å². The molecule has 2 aromatic rings. The van der Waals surface area contributed by atoms with Crippen LogP contribution in [0.4, 0.5) is 15.5 Å². The standard InChI is InChI=1S/C21H25N3O4S.CH2O3/c1-2-17-12-18(21(29-17)23-19(25)15-8-4-3-5-9-15)20(26)22-13-14-7-6-10-16(11-14)24(27)28;2-1(3)4/h6-7,10-12,15H,2-5,8-9,13H2,1H3,(H,22,26)(H,23,25);(H2,2,3,4). The minimum Gasteiger partial charge on any atom is -0.450 e. The van der Waals surface area contributed by atoms with Gasteiger partial charge in [-0.05, 0) is 30.9 Å². The molecule has 1 heterocycles. The third kappa shape index (κ3) is 8.19. The average molecular weight is 478 g/mol. The molecule has 1 fully saturated rings. The maximum atomic E-state index is 12.8. The second-order valence-electron chi connectivity index (χ2n) is 7.53. The molecule has 4 N–H and O–H groups in total. The van der Waals surface area contributed by atoms with Crippen molar-refractivity contribution in [3.8, 4) is 0 Å².